The zero-order valence-corrected chi connectivity index (χ0v) is 24.2. The van der Waals surface area contributed by atoms with Crippen LogP contribution in [0.4, 0.5) is 10.1 Å². The minimum atomic E-state index is -3.68. The maximum atomic E-state index is 13.6. The number of piperidine rings is 1. The number of nitrogens with one attached hydrogen (secondary N) is 2. The lowest BCUT2D eigenvalue weighted by atomic mass is 9.89. The molecule has 1 aliphatic carbocycles. The van der Waals surface area contributed by atoms with E-state index in [4.69, 9.17) is 4.42 Å². The molecule has 5 rings (SSSR count). The molecule has 1 atom stereocenters. The van der Waals surface area contributed by atoms with E-state index < -0.39 is 31.8 Å². The number of sulfonamides is 2. The lowest BCUT2D eigenvalue weighted by Crippen LogP contribution is -2.43. The van der Waals surface area contributed by atoms with Crippen LogP contribution in [0.3, 0.4) is 0 Å². The summed E-state index contributed by atoms with van der Waals surface area (Å²) in [6.45, 7) is 2.18. The number of hydrogen-bond acceptors (Lipinski definition) is 6. The maximum Gasteiger partial charge on any atom is 0.255 e. The second-order valence-corrected chi connectivity index (χ2v) is 14.7. The van der Waals surface area contributed by atoms with Gasteiger partial charge in [0.2, 0.25) is 20.0 Å². The van der Waals surface area contributed by atoms with Crippen molar-refractivity contribution in [1.29, 1.82) is 0 Å². The standard InChI is InChI=1S/C28H34FN3O6S2/c1-3-39(34,35)31-24-16-25-23(26(28(33)30-2)27(38-25)18-10-12-20(29)13-11-18)15-22(24)19-7-6-14-32(17-19)40(36,37)21-8-4-5-9-21/h10-13,15-16,19,21,31H,3-9,14,17H2,1-2H3,(H,30,33)/t19-/m0/s1. The highest BCUT2D eigenvalue weighted by atomic mass is 32.2. The molecule has 1 saturated carbocycles. The fraction of sp³-hybridized carbons (Fsp3) is 0.464. The minimum absolute atomic E-state index is 0.153. The Kier molecular flexibility index (Phi) is 7.95. The van der Waals surface area contributed by atoms with Crippen LogP contribution in [-0.2, 0) is 20.0 Å². The van der Waals surface area contributed by atoms with Gasteiger partial charge in [-0.1, -0.05) is 12.8 Å². The van der Waals surface area contributed by atoms with Gasteiger partial charge in [0.1, 0.15) is 17.2 Å². The van der Waals surface area contributed by atoms with Crippen LogP contribution in [0.25, 0.3) is 22.3 Å². The molecule has 1 aliphatic heterocycles. The van der Waals surface area contributed by atoms with Gasteiger partial charge in [-0.3, -0.25) is 9.52 Å². The Morgan fingerprint density at radius 2 is 1.75 bits per heavy atom. The van der Waals surface area contributed by atoms with E-state index in [1.165, 1.54) is 38.2 Å². The summed E-state index contributed by atoms with van der Waals surface area (Å²) < 4.78 is 76.1. The lowest BCUT2D eigenvalue weighted by Gasteiger charge is -2.34. The molecule has 2 aromatic carbocycles. The molecule has 1 aromatic heterocycles. The Bertz CT molecular complexity index is 1630. The predicted octanol–water partition coefficient (Wildman–Crippen LogP) is 4.81. The zero-order chi connectivity index (χ0) is 28.7. The molecular formula is C28H34FN3O6S2. The zero-order valence-electron chi connectivity index (χ0n) is 22.6. The molecule has 0 spiro atoms. The second-order valence-electron chi connectivity index (χ2n) is 10.5. The quantitative estimate of drug-likeness (QED) is 0.387. The first-order valence-corrected chi connectivity index (χ1v) is 16.8. The maximum absolute atomic E-state index is 13.6. The number of amides is 1. The smallest absolute Gasteiger partial charge is 0.255 e. The first kappa shape index (κ1) is 28.6. The summed E-state index contributed by atoms with van der Waals surface area (Å²) in [6, 6.07) is 8.84. The van der Waals surface area contributed by atoms with Crippen molar-refractivity contribution in [1.82, 2.24) is 9.62 Å². The summed E-state index contributed by atoms with van der Waals surface area (Å²) >= 11 is 0. The van der Waals surface area contributed by atoms with Gasteiger partial charge in [-0.05, 0) is 74.4 Å². The van der Waals surface area contributed by atoms with Crippen molar-refractivity contribution in [3.63, 3.8) is 0 Å². The number of halogens is 1. The molecule has 216 valence electrons. The summed E-state index contributed by atoms with van der Waals surface area (Å²) in [5.41, 5.74) is 1.90. The molecule has 40 heavy (non-hydrogen) atoms. The van der Waals surface area contributed by atoms with Crippen LogP contribution in [0.5, 0.6) is 0 Å². The van der Waals surface area contributed by atoms with Gasteiger partial charge in [0, 0.05) is 37.2 Å². The summed E-state index contributed by atoms with van der Waals surface area (Å²) in [5, 5.41) is 2.71. The van der Waals surface area contributed by atoms with E-state index in [1.807, 2.05) is 0 Å². The second kappa shape index (κ2) is 11.1. The molecule has 0 radical (unpaired) electrons. The van der Waals surface area contributed by atoms with Crippen LogP contribution < -0.4 is 10.0 Å². The number of carbonyl (C=O) groups is 1. The molecule has 2 heterocycles. The number of benzene rings is 2. The number of rotatable bonds is 8. The van der Waals surface area contributed by atoms with Gasteiger partial charge in [-0.25, -0.2) is 25.5 Å². The van der Waals surface area contributed by atoms with Crippen molar-refractivity contribution in [2.45, 2.75) is 56.6 Å². The molecule has 2 fully saturated rings. The molecule has 0 bridgehead atoms. The van der Waals surface area contributed by atoms with Crippen LogP contribution in [0, 0.1) is 5.82 Å². The average Bonchev–Trinajstić information content (AvgIpc) is 3.61. The van der Waals surface area contributed by atoms with E-state index in [2.05, 4.69) is 10.0 Å². The topological polar surface area (TPSA) is 126 Å². The van der Waals surface area contributed by atoms with Gasteiger partial charge in [0.25, 0.3) is 5.91 Å². The number of nitrogens with zero attached hydrogens (tertiary/aromatic N) is 1. The van der Waals surface area contributed by atoms with E-state index in [-0.39, 0.29) is 40.4 Å². The number of hydrogen-bond donors (Lipinski definition) is 2. The van der Waals surface area contributed by atoms with Crippen LogP contribution in [-0.4, -0.2) is 58.2 Å². The summed E-state index contributed by atoms with van der Waals surface area (Å²) in [7, 11) is -5.67. The number of carbonyl (C=O) groups excluding carboxylic acids is 1. The van der Waals surface area contributed by atoms with Crippen LogP contribution in [0.15, 0.2) is 40.8 Å². The normalized spacial score (nSPS) is 19.2. The van der Waals surface area contributed by atoms with Gasteiger partial charge >= 0.3 is 0 Å². The third kappa shape index (κ3) is 5.48. The van der Waals surface area contributed by atoms with E-state index in [9.17, 15) is 26.0 Å². The summed E-state index contributed by atoms with van der Waals surface area (Å²) in [4.78, 5) is 13.1. The molecule has 2 N–H and O–H groups in total. The van der Waals surface area contributed by atoms with E-state index in [1.54, 1.807) is 16.4 Å². The minimum Gasteiger partial charge on any atom is -0.455 e. The Hall–Kier alpha value is -2.96. The van der Waals surface area contributed by atoms with E-state index in [0.717, 1.165) is 12.8 Å². The highest BCUT2D eigenvalue weighted by Crippen LogP contribution is 2.41. The molecule has 0 unspecified atom stereocenters. The Morgan fingerprint density at radius 1 is 1.05 bits per heavy atom. The average molecular weight is 592 g/mol. The van der Waals surface area contributed by atoms with Crippen molar-refractivity contribution < 1.29 is 30.4 Å². The van der Waals surface area contributed by atoms with Crippen LogP contribution in [0.1, 0.15) is 67.3 Å². The Balaban J connectivity index is 1.65. The van der Waals surface area contributed by atoms with Crippen molar-refractivity contribution in [3.05, 3.63) is 53.3 Å². The highest BCUT2D eigenvalue weighted by molar-refractivity contribution is 7.92. The SMILES string of the molecule is CCS(=O)(=O)Nc1cc2oc(-c3ccc(F)cc3)c(C(=O)NC)c2cc1[C@H]1CCCN(S(=O)(=O)C2CCCC2)C1. The largest absolute Gasteiger partial charge is 0.455 e. The lowest BCUT2D eigenvalue weighted by molar-refractivity contribution is 0.0964. The molecule has 1 amide bonds. The predicted molar refractivity (Wildman–Crippen MR) is 153 cm³/mol. The fourth-order valence-electron chi connectivity index (χ4n) is 5.80. The van der Waals surface area contributed by atoms with Crippen LogP contribution in [0.2, 0.25) is 0 Å². The van der Waals surface area contributed by atoms with Gasteiger partial charge < -0.3 is 9.73 Å². The fourth-order valence-corrected chi connectivity index (χ4v) is 8.58. The molecule has 9 nitrogen and oxygen atoms in total. The Morgan fingerprint density at radius 3 is 2.40 bits per heavy atom. The first-order chi connectivity index (χ1) is 19.0. The number of fused-ring (bicyclic) bond motifs is 1. The Labute approximate surface area is 234 Å². The molecular weight excluding hydrogens is 557 g/mol. The van der Waals surface area contributed by atoms with Crippen molar-refractivity contribution >= 4 is 42.6 Å². The van der Waals surface area contributed by atoms with E-state index >= 15 is 0 Å². The van der Waals surface area contributed by atoms with Gasteiger partial charge in [-0.15, -0.1) is 0 Å². The molecule has 1 saturated heterocycles. The summed E-state index contributed by atoms with van der Waals surface area (Å²) in [5.74, 6) is -1.08. The highest BCUT2D eigenvalue weighted by Gasteiger charge is 2.38. The summed E-state index contributed by atoms with van der Waals surface area (Å²) in [6.07, 6.45) is 4.41. The van der Waals surface area contributed by atoms with Crippen molar-refractivity contribution in [2.75, 3.05) is 30.6 Å². The number of anilines is 1. The third-order valence-electron chi connectivity index (χ3n) is 7.97. The van der Waals surface area contributed by atoms with Gasteiger partial charge in [0.15, 0.2) is 0 Å². The molecule has 12 heteroatoms. The van der Waals surface area contributed by atoms with Crippen molar-refractivity contribution in [2.24, 2.45) is 0 Å². The van der Waals surface area contributed by atoms with Gasteiger partial charge in [0.05, 0.1) is 22.3 Å². The molecule has 3 aromatic rings. The molecule has 2 aliphatic rings. The number of furan rings is 1. The monoisotopic (exact) mass is 591 g/mol. The first-order valence-electron chi connectivity index (χ1n) is 13.6. The van der Waals surface area contributed by atoms with Gasteiger partial charge in [-0.2, -0.15) is 0 Å². The van der Waals surface area contributed by atoms with Crippen molar-refractivity contribution in [3.8, 4) is 11.3 Å². The van der Waals surface area contributed by atoms with Crippen LogP contribution >= 0.6 is 0 Å². The third-order valence-corrected chi connectivity index (χ3v) is 11.6. The van der Waals surface area contributed by atoms with E-state index in [0.29, 0.717) is 54.4 Å².